The van der Waals surface area contributed by atoms with Crippen LogP contribution in [-0.4, -0.2) is 22.0 Å². The summed E-state index contributed by atoms with van der Waals surface area (Å²) in [7, 11) is 0. The molecule has 1 aromatic carbocycles. The number of amides is 1. The number of aliphatic carboxylic acids is 1. The lowest BCUT2D eigenvalue weighted by atomic mass is 10.2. The van der Waals surface area contributed by atoms with Crippen LogP contribution in [0.1, 0.15) is 12.5 Å². The zero-order chi connectivity index (χ0) is 17.5. The molecule has 2 N–H and O–H groups in total. The Bertz CT molecular complexity index is 630. The van der Waals surface area contributed by atoms with Gasteiger partial charge in [-0.25, -0.2) is 4.98 Å². The third-order valence-electron chi connectivity index (χ3n) is 2.53. The van der Waals surface area contributed by atoms with Gasteiger partial charge in [0.1, 0.15) is 5.92 Å². The van der Waals surface area contributed by atoms with Crippen molar-refractivity contribution in [1.82, 2.24) is 4.98 Å². The Balaban J connectivity index is 0.000000238. The molecule has 5 nitrogen and oxygen atoms in total. The number of carbonyl (C=O) groups is 2. The van der Waals surface area contributed by atoms with Gasteiger partial charge in [0.15, 0.2) is 5.13 Å². The molecule has 0 fully saturated rings. The van der Waals surface area contributed by atoms with Crippen molar-refractivity contribution in [2.24, 2.45) is 5.92 Å². The van der Waals surface area contributed by atoms with Gasteiger partial charge in [-0.1, -0.05) is 30.3 Å². The van der Waals surface area contributed by atoms with Gasteiger partial charge in [0.2, 0.25) is 5.91 Å². The fourth-order valence-corrected chi connectivity index (χ4v) is 1.77. The Morgan fingerprint density at radius 2 is 1.87 bits per heavy atom. The highest BCUT2D eigenvalue weighted by Gasteiger charge is 2.29. The molecule has 2 aromatic rings. The summed E-state index contributed by atoms with van der Waals surface area (Å²) < 4.78 is 35.4. The van der Waals surface area contributed by atoms with Crippen molar-refractivity contribution in [3.63, 3.8) is 0 Å². The number of alkyl halides is 3. The summed E-state index contributed by atoms with van der Waals surface area (Å²) in [6.45, 7) is 1.32. The first kappa shape index (κ1) is 18.6. The Morgan fingerprint density at radius 3 is 2.26 bits per heavy atom. The largest absolute Gasteiger partial charge is 0.481 e. The van der Waals surface area contributed by atoms with Gasteiger partial charge >= 0.3 is 12.1 Å². The van der Waals surface area contributed by atoms with Crippen molar-refractivity contribution < 1.29 is 27.9 Å². The molecule has 9 heteroatoms. The Kier molecular flexibility index (Phi) is 6.70. The molecule has 0 aliphatic carbocycles. The number of anilines is 1. The van der Waals surface area contributed by atoms with Crippen LogP contribution in [-0.2, 0) is 15.8 Å². The van der Waals surface area contributed by atoms with Crippen LogP contribution in [0.15, 0.2) is 41.9 Å². The Hall–Kier alpha value is -2.42. The molecule has 1 atom stereocenters. The molecule has 2 rings (SSSR count). The van der Waals surface area contributed by atoms with Crippen molar-refractivity contribution in [2.45, 2.75) is 13.1 Å². The van der Waals surface area contributed by atoms with E-state index in [1.807, 2.05) is 0 Å². The average molecular weight is 346 g/mol. The minimum atomic E-state index is -4.21. The minimum Gasteiger partial charge on any atom is -0.481 e. The lowest BCUT2D eigenvalue weighted by Crippen LogP contribution is -2.26. The van der Waals surface area contributed by atoms with Gasteiger partial charge in [-0.2, -0.15) is 13.2 Å². The van der Waals surface area contributed by atoms with E-state index in [2.05, 4.69) is 10.3 Å². The van der Waals surface area contributed by atoms with Crippen LogP contribution in [0.3, 0.4) is 0 Å². The van der Waals surface area contributed by atoms with Crippen LogP contribution in [0.4, 0.5) is 18.3 Å². The summed E-state index contributed by atoms with van der Waals surface area (Å²) in [6, 6.07) is 6.36. The van der Waals surface area contributed by atoms with E-state index in [9.17, 15) is 22.8 Å². The molecule has 0 bridgehead atoms. The number of hydrogen-bond acceptors (Lipinski definition) is 4. The second-order valence-corrected chi connectivity index (χ2v) is 5.14. The van der Waals surface area contributed by atoms with E-state index in [1.54, 1.807) is 11.4 Å². The predicted octanol–water partition coefficient (Wildman–Crippen LogP) is 3.51. The first-order valence-corrected chi connectivity index (χ1v) is 7.15. The normalized spacial score (nSPS) is 11.8. The van der Waals surface area contributed by atoms with E-state index >= 15 is 0 Å². The molecule has 1 unspecified atom stereocenters. The van der Waals surface area contributed by atoms with E-state index < -0.39 is 29.5 Å². The molecule has 0 aliphatic rings. The second kappa shape index (κ2) is 8.28. The highest BCUT2D eigenvalue weighted by molar-refractivity contribution is 7.13. The second-order valence-electron chi connectivity index (χ2n) is 4.25. The van der Waals surface area contributed by atoms with Gasteiger partial charge in [0, 0.05) is 11.6 Å². The smallest absolute Gasteiger partial charge is 0.416 e. The van der Waals surface area contributed by atoms with Crippen LogP contribution in [0.25, 0.3) is 0 Å². The van der Waals surface area contributed by atoms with E-state index in [0.29, 0.717) is 5.13 Å². The fraction of sp³-hybridized carbons (Fsp3) is 0.214. The van der Waals surface area contributed by atoms with Crippen LogP contribution >= 0.6 is 11.3 Å². The summed E-state index contributed by atoms with van der Waals surface area (Å²) in [5.41, 5.74) is -0.602. The number of halogens is 3. The van der Waals surface area contributed by atoms with Crippen molar-refractivity contribution in [2.75, 3.05) is 5.32 Å². The number of nitrogens with zero attached hydrogens (tertiary/aromatic N) is 1. The third kappa shape index (κ3) is 6.47. The molecule has 1 heterocycles. The highest BCUT2D eigenvalue weighted by atomic mass is 32.1. The summed E-state index contributed by atoms with van der Waals surface area (Å²) in [5.74, 6) is -2.75. The minimum absolute atomic E-state index is 0.415. The molecule has 124 valence electrons. The van der Waals surface area contributed by atoms with E-state index in [0.717, 1.165) is 12.1 Å². The number of carboxylic acids is 1. The van der Waals surface area contributed by atoms with Crippen molar-refractivity contribution in [1.29, 1.82) is 0 Å². The Morgan fingerprint density at radius 1 is 1.26 bits per heavy atom. The predicted molar refractivity (Wildman–Crippen MR) is 79.0 cm³/mol. The van der Waals surface area contributed by atoms with Gasteiger partial charge in [0.05, 0.1) is 5.56 Å². The maximum atomic E-state index is 11.8. The van der Waals surface area contributed by atoms with Gasteiger partial charge in [-0.15, -0.1) is 11.3 Å². The lowest BCUT2D eigenvalue weighted by molar-refractivity contribution is -0.144. The SMILES string of the molecule is CC(C(=O)O)C(=O)Nc1nccs1.FC(F)(F)c1ccccc1. The summed E-state index contributed by atoms with van der Waals surface area (Å²) in [5, 5.41) is 13.0. The summed E-state index contributed by atoms with van der Waals surface area (Å²) in [6.07, 6.45) is -2.67. The van der Waals surface area contributed by atoms with Gasteiger partial charge in [-0.3, -0.25) is 9.59 Å². The number of benzene rings is 1. The van der Waals surface area contributed by atoms with E-state index in [1.165, 1.54) is 36.6 Å². The van der Waals surface area contributed by atoms with Crippen LogP contribution in [0, 0.1) is 5.92 Å². The van der Waals surface area contributed by atoms with Crippen molar-refractivity contribution >= 4 is 28.3 Å². The summed E-state index contributed by atoms with van der Waals surface area (Å²) >= 11 is 1.24. The first-order valence-electron chi connectivity index (χ1n) is 6.27. The zero-order valence-corrected chi connectivity index (χ0v) is 12.7. The van der Waals surface area contributed by atoms with E-state index in [-0.39, 0.29) is 0 Å². The van der Waals surface area contributed by atoms with Gasteiger partial charge in [0.25, 0.3) is 0 Å². The number of rotatable bonds is 3. The molecule has 23 heavy (non-hydrogen) atoms. The molecule has 0 radical (unpaired) electrons. The maximum Gasteiger partial charge on any atom is 0.416 e. The number of aromatic nitrogens is 1. The third-order valence-corrected chi connectivity index (χ3v) is 3.22. The molecule has 0 saturated carbocycles. The molecular weight excluding hydrogens is 333 g/mol. The molecule has 0 saturated heterocycles. The number of hydrogen-bond donors (Lipinski definition) is 2. The zero-order valence-electron chi connectivity index (χ0n) is 11.9. The van der Waals surface area contributed by atoms with Crippen LogP contribution in [0.2, 0.25) is 0 Å². The topological polar surface area (TPSA) is 79.3 Å². The van der Waals surface area contributed by atoms with Crippen LogP contribution in [0.5, 0.6) is 0 Å². The Labute approximate surface area is 133 Å². The molecule has 1 aromatic heterocycles. The molecular formula is C14H13F3N2O3S. The fourth-order valence-electron chi connectivity index (χ4n) is 1.24. The first-order chi connectivity index (χ1) is 10.7. The van der Waals surface area contributed by atoms with Gasteiger partial charge < -0.3 is 10.4 Å². The standard InChI is InChI=1S/C7H5F3.C7H8N2O3S/c8-7(9,10)6-4-2-1-3-5-6;1-4(6(11)12)5(10)9-7-8-2-3-13-7/h1-5H;2-4H,1H3,(H,11,12)(H,8,9,10). The monoisotopic (exact) mass is 346 g/mol. The highest BCUT2D eigenvalue weighted by Crippen LogP contribution is 2.28. The average Bonchev–Trinajstić information content (AvgIpc) is 3.00. The van der Waals surface area contributed by atoms with Crippen molar-refractivity contribution in [3.8, 4) is 0 Å². The number of thiazole rings is 1. The van der Waals surface area contributed by atoms with Crippen LogP contribution < -0.4 is 5.32 Å². The quantitative estimate of drug-likeness (QED) is 0.834. The molecule has 0 spiro atoms. The number of carbonyl (C=O) groups excluding carboxylic acids is 1. The number of nitrogens with one attached hydrogen (secondary N) is 1. The summed E-state index contributed by atoms with van der Waals surface area (Å²) in [4.78, 5) is 25.3. The van der Waals surface area contributed by atoms with Gasteiger partial charge in [-0.05, 0) is 6.92 Å². The van der Waals surface area contributed by atoms with E-state index in [4.69, 9.17) is 5.11 Å². The molecule has 1 amide bonds. The van der Waals surface area contributed by atoms with Crippen molar-refractivity contribution in [3.05, 3.63) is 47.5 Å². The number of carboxylic acid groups (broad SMARTS) is 1. The lowest BCUT2D eigenvalue weighted by Gasteiger charge is -2.04. The maximum absolute atomic E-state index is 11.8. The molecule has 0 aliphatic heterocycles.